The van der Waals surface area contributed by atoms with Crippen LogP contribution in [0.3, 0.4) is 0 Å². The first-order valence-corrected chi connectivity index (χ1v) is 8.54. The van der Waals surface area contributed by atoms with Crippen LogP contribution in [-0.4, -0.2) is 23.3 Å². The monoisotopic (exact) mass is 318 g/mol. The molecule has 0 saturated heterocycles. The Morgan fingerprint density at radius 1 is 1.00 bits per heavy atom. The van der Waals surface area contributed by atoms with Gasteiger partial charge in [-0.25, -0.2) is 0 Å². The van der Waals surface area contributed by atoms with E-state index in [2.05, 4.69) is 0 Å². The topological polar surface area (TPSA) is 115 Å². The van der Waals surface area contributed by atoms with E-state index in [4.69, 9.17) is 31.2 Å². The van der Waals surface area contributed by atoms with E-state index in [1.165, 1.54) is 12.1 Å². The summed E-state index contributed by atoms with van der Waals surface area (Å²) in [5.41, 5.74) is 0. The number of halogens is 1. The summed E-state index contributed by atoms with van der Waals surface area (Å²) in [4.78, 5) is 36.2. The first kappa shape index (κ1) is 15.2. The van der Waals surface area contributed by atoms with Crippen molar-refractivity contribution in [2.75, 3.05) is 0 Å². The molecule has 0 aliphatic rings. The number of benzene rings is 1. The Hall–Kier alpha value is 0.160. The van der Waals surface area contributed by atoms with E-state index in [1.54, 1.807) is 18.2 Å². The van der Waals surface area contributed by atoms with E-state index in [1.807, 2.05) is 0 Å². The molecule has 10 heteroatoms. The summed E-state index contributed by atoms with van der Waals surface area (Å²) in [7, 11) is -10.4. The molecule has 0 radical (unpaired) electrons. The van der Waals surface area contributed by atoms with Gasteiger partial charge in [0.05, 0.1) is 0 Å². The molecule has 0 aromatic heterocycles. The van der Waals surface area contributed by atoms with Crippen LogP contribution in [0.4, 0.5) is 0 Å². The van der Waals surface area contributed by atoms with Crippen molar-refractivity contribution in [3.63, 3.8) is 0 Å². The predicted molar refractivity (Wildman–Crippen MR) is 65.0 cm³/mol. The zero-order valence-electron chi connectivity index (χ0n) is 8.17. The van der Waals surface area contributed by atoms with Crippen LogP contribution in [-0.2, 0) is 9.13 Å². The average Bonchev–Trinajstić information content (AvgIpc) is 2.15. The summed E-state index contributed by atoms with van der Waals surface area (Å²) in [5, 5.41) is 0. The van der Waals surface area contributed by atoms with Crippen LogP contribution < -0.4 is 0 Å². The number of thioether (sulfide) groups is 1. The average molecular weight is 319 g/mol. The highest BCUT2D eigenvalue weighted by molar-refractivity contribution is 8.15. The van der Waals surface area contributed by atoms with Crippen LogP contribution >= 0.6 is 38.6 Å². The lowest BCUT2D eigenvalue weighted by Crippen LogP contribution is -2.17. The lowest BCUT2D eigenvalue weighted by Gasteiger charge is -2.27. The van der Waals surface area contributed by atoms with Gasteiger partial charge in [-0.2, -0.15) is 0 Å². The molecule has 96 valence electrons. The fourth-order valence-corrected chi connectivity index (χ4v) is 4.73. The van der Waals surface area contributed by atoms with E-state index < -0.39 is 18.9 Å². The van der Waals surface area contributed by atoms with Crippen LogP contribution in [0.2, 0.25) is 0 Å². The molecule has 0 bridgehead atoms. The Balaban J connectivity index is 3.20. The van der Waals surface area contributed by atoms with E-state index in [-0.39, 0.29) is 16.7 Å². The molecule has 1 aromatic carbocycles. The summed E-state index contributed by atoms with van der Waals surface area (Å²) >= 11 is 5.71. The maximum atomic E-state index is 11.2. The summed E-state index contributed by atoms with van der Waals surface area (Å²) in [6.07, 6.45) is 0. The minimum Gasteiger partial charge on any atom is -0.322 e. The van der Waals surface area contributed by atoms with Crippen LogP contribution in [0, 0.1) is 0 Å². The molecule has 4 N–H and O–H groups in total. The van der Waals surface area contributed by atoms with Crippen LogP contribution in [0.1, 0.15) is 0 Å². The molecule has 0 aliphatic heterocycles. The SMILES string of the molecule is O=P(O)(O)C(Cl)(Sc1ccccc1)P(=O)(O)O. The molecule has 0 atom stereocenters. The molecule has 17 heavy (non-hydrogen) atoms. The van der Waals surface area contributed by atoms with Crippen molar-refractivity contribution in [1.29, 1.82) is 0 Å². The third-order valence-electron chi connectivity index (χ3n) is 1.71. The van der Waals surface area contributed by atoms with Crippen molar-refractivity contribution in [2.45, 2.75) is 8.58 Å². The molecule has 0 aliphatic carbocycles. The summed E-state index contributed by atoms with van der Waals surface area (Å²) in [6, 6.07) is 7.63. The Morgan fingerprint density at radius 3 is 1.76 bits per heavy atom. The van der Waals surface area contributed by atoms with Crippen LogP contribution in [0.15, 0.2) is 35.2 Å². The fraction of sp³-hybridized carbons (Fsp3) is 0.143. The van der Waals surface area contributed by atoms with Crippen molar-refractivity contribution in [1.82, 2.24) is 0 Å². The minimum atomic E-state index is -5.21. The minimum absolute atomic E-state index is 0.244. The van der Waals surface area contributed by atoms with Gasteiger partial charge in [-0.1, -0.05) is 41.6 Å². The molecule has 0 spiro atoms. The smallest absolute Gasteiger partial charge is 0.322 e. The maximum absolute atomic E-state index is 11.2. The van der Waals surface area contributed by atoms with E-state index in [9.17, 15) is 9.13 Å². The van der Waals surface area contributed by atoms with Crippen LogP contribution in [0.5, 0.6) is 0 Å². The van der Waals surface area contributed by atoms with E-state index >= 15 is 0 Å². The van der Waals surface area contributed by atoms with E-state index in [0.29, 0.717) is 0 Å². The normalized spacial score (nSPS) is 13.7. The highest BCUT2D eigenvalue weighted by Gasteiger charge is 2.60. The number of alkyl halides is 1. The van der Waals surface area contributed by atoms with Gasteiger partial charge in [0.25, 0.3) is 3.69 Å². The Bertz CT molecular complexity index is 460. The zero-order valence-corrected chi connectivity index (χ0v) is 11.5. The predicted octanol–water partition coefficient (Wildman–Crippen LogP) is 1.98. The lowest BCUT2D eigenvalue weighted by atomic mass is 10.4. The molecule has 0 amide bonds. The Kier molecular flexibility index (Phi) is 4.51. The van der Waals surface area contributed by atoms with Gasteiger partial charge in [0.2, 0.25) is 0 Å². The summed E-state index contributed by atoms with van der Waals surface area (Å²) in [5.74, 6) is 0. The molecule has 0 saturated carbocycles. The van der Waals surface area contributed by atoms with Crippen molar-refractivity contribution < 1.29 is 28.7 Å². The summed E-state index contributed by atoms with van der Waals surface area (Å²) in [6.45, 7) is 0. The van der Waals surface area contributed by atoms with Crippen molar-refractivity contribution in [3.8, 4) is 0 Å². The largest absolute Gasteiger partial charge is 0.369 e. The highest BCUT2D eigenvalue weighted by Crippen LogP contribution is 2.77. The van der Waals surface area contributed by atoms with Gasteiger partial charge in [-0.05, 0) is 12.1 Å². The molecule has 0 unspecified atom stereocenters. The van der Waals surface area contributed by atoms with E-state index in [0.717, 1.165) is 0 Å². The molecule has 6 nitrogen and oxygen atoms in total. The molecular weight excluding hydrogens is 310 g/mol. The van der Waals surface area contributed by atoms with Crippen LogP contribution in [0.25, 0.3) is 0 Å². The highest BCUT2D eigenvalue weighted by atomic mass is 35.5. The van der Waals surface area contributed by atoms with Crippen molar-refractivity contribution in [2.24, 2.45) is 0 Å². The maximum Gasteiger partial charge on any atom is 0.369 e. The third kappa shape index (κ3) is 3.34. The number of hydrogen-bond donors (Lipinski definition) is 4. The Labute approximate surface area is 106 Å². The lowest BCUT2D eigenvalue weighted by molar-refractivity contribution is 0.347. The number of rotatable bonds is 4. The molecular formula is C7H9ClO6P2S. The first-order chi connectivity index (χ1) is 7.58. The Morgan fingerprint density at radius 2 is 1.41 bits per heavy atom. The van der Waals surface area contributed by atoms with Crippen molar-refractivity contribution in [3.05, 3.63) is 30.3 Å². The third-order valence-corrected chi connectivity index (χ3v) is 9.00. The van der Waals surface area contributed by atoms with Gasteiger partial charge in [0.15, 0.2) is 0 Å². The fourth-order valence-electron chi connectivity index (χ4n) is 0.927. The first-order valence-electron chi connectivity index (χ1n) is 4.12. The standard InChI is InChI=1S/C7H9ClO6P2S/c8-7(15(9,10)11,16(12,13)14)17-6-4-2-1-3-5-6/h1-5H,(H2,9,10,11)(H2,12,13,14). The molecule has 1 rings (SSSR count). The summed E-state index contributed by atoms with van der Waals surface area (Å²) < 4.78 is 19.3. The van der Waals surface area contributed by atoms with Crippen molar-refractivity contribution >= 4 is 38.6 Å². The van der Waals surface area contributed by atoms with Gasteiger partial charge in [-0.15, -0.1) is 0 Å². The van der Waals surface area contributed by atoms with Gasteiger partial charge in [0, 0.05) is 4.90 Å². The van der Waals surface area contributed by atoms with Gasteiger partial charge < -0.3 is 19.6 Å². The second kappa shape index (κ2) is 5.03. The second-order valence-electron chi connectivity index (χ2n) is 3.03. The quantitative estimate of drug-likeness (QED) is 0.381. The molecule has 1 aromatic rings. The second-order valence-corrected chi connectivity index (χ2v) is 10.1. The van der Waals surface area contributed by atoms with Gasteiger partial charge >= 0.3 is 15.2 Å². The molecule has 0 heterocycles. The number of hydrogen-bond acceptors (Lipinski definition) is 3. The van der Waals surface area contributed by atoms with Gasteiger partial charge in [-0.3, -0.25) is 9.13 Å². The molecule has 0 fully saturated rings. The zero-order chi connectivity index (χ0) is 13.3. The van der Waals surface area contributed by atoms with Gasteiger partial charge in [0.1, 0.15) is 0 Å².